The van der Waals surface area contributed by atoms with Gasteiger partial charge in [-0.3, -0.25) is 4.72 Å². The number of aromatic nitrogens is 2. The Morgan fingerprint density at radius 2 is 1.74 bits per heavy atom. The van der Waals surface area contributed by atoms with Crippen LogP contribution in [-0.2, 0) is 16.4 Å². The van der Waals surface area contributed by atoms with E-state index in [0.29, 0.717) is 23.1 Å². The molecule has 31 heavy (non-hydrogen) atoms. The van der Waals surface area contributed by atoms with E-state index < -0.39 is 10.0 Å². The first-order chi connectivity index (χ1) is 15.0. The fourth-order valence-electron chi connectivity index (χ4n) is 3.22. The lowest BCUT2D eigenvalue weighted by Gasteiger charge is -2.14. The van der Waals surface area contributed by atoms with Gasteiger partial charge < -0.3 is 23.2 Å². The van der Waals surface area contributed by atoms with Gasteiger partial charge in [-0.2, -0.15) is 0 Å². The minimum Gasteiger partial charge on any atom is -0.496 e. The summed E-state index contributed by atoms with van der Waals surface area (Å²) < 4.78 is 55.0. The van der Waals surface area contributed by atoms with E-state index in [1.54, 1.807) is 18.2 Å². The van der Waals surface area contributed by atoms with Gasteiger partial charge in [-0.15, -0.1) is 0 Å². The van der Waals surface area contributed by atoms with E-state index in [0.717, 1.165) is 11.3 Å². The number of oxazole rings is 1. The fraction of sp³-hybridized carbons (Fsp3) is 0.200. The molecule has 0 amide bonds. The minimum absolute atomic E-state index is 0.0206. The summed E-state index contributed by atoms with van der Waals surface area (Å²) in [6.07, 6.45) is 3.36. The number of sulfonamides is 1. The highest BCUT2D eigenvalue weighted by atomic mass is 32.2. The van der Waals surface area contributed by atoms with Crippen LogP contribution in [0.1, 0.15) is 11.3 Å². The van der Waals surface area contributed by atoms with Crippen LogP contribution >= 0.6 is 0 Å². The summed E-state index contributed by atoms with van der Waals surface area (Å²) in [5, 5.41) is 4.28. The molecule has 0 atom stereocenters. The van der Waals surface area contributed by atoms with E-state index in [1.807, 2.05) is 0 Å². The van der Waals surface area contributed by atoms with Gasteiger partial charge >= 0.3 is 0 Å². The maximum Gasteiger partial charge on any atom is 0.270 e. The second-order valence-corrected chi connectivity index (χ2v) is 8.08. The van der Waals surface area contributed by atoms with E-state index in [1.165, 1.54) is 46.1 Å². The Morgan fingerprint density at radius 1 is 1.03 bits per heavy atom. The maximum atomic E-state index is 13.2. The van der Waals surface area contributed by atoms with Crippen molar-refractivity contribution in [3.8, 4) is 17.2 Å². The number of nitrogens with one attached hydrogen (secondary N) is 1. The van der Waals surface area contributed by atoms with Gasteiger partial charge in [0, 0.05) is 6.42 Å². The van der Waals surface area contributed by atoms with Crippen molar-refractivity contribution in [1.29, 1.82) is 0 Å². The Bertz CT molecular complexity index is 1290. The third-order valence-corrected chi connectivity index (χ3v) is 5.97. The van der Waals surface area contributed by atoms with Gasteiger partial charge in [-0.25, -0.2) is 13.4 Å². The van der Waals surface area contributed by atoms with E-state index >= 15 is 0 Å². The van der Waals surface area contributed by atoms with Crippen LogP contribution in [0, 0.1) is 0 Å². The molecule has 0 aliphatic carbocycles. The van der Waals surface area contributed by atoms with Crippen molar-refractivity contribution in [1.82, 2.24) is 10.1 Å². The fourth-order valence-corrected chi connectivity index (χ4v) is 4.55. The number of methoxy groups -OCH3 is 3. The van der Waals surface area contributed by atoms with Gasteiger partial charge in [0.1, 0.15) is 28.9 Å². The number of ether oxygens (including phenoxy) is 3. The van der Waals surface area contributed by atoms with Gasteiger partial charge in [0.15, 0.2) is 22.7 Å². The predicted octanol–water partition coefficient (Wildman–Crippen LogP) is 3.23. The first-order valence-corrected chi connectivity index (χ1v) is 10.5. The number of hydrogen-bond acceptors (Lipinski definition) is 9. The summed E-state index contributed by atoms with van der Waals surface area (Å²) in [5.41, 5.74) is 1.91. The molecule has 1 N–H and O–H groups in total. The Labute approximate surface area is 177 Å². The van der Waals surface area contributed by atoms with Crippen LogP contribution in [-0.4, -0.2) is 39.9 Å². The molecule has 0 radical (unpaired) electrons. The van der Waals surface area contributed by atoms with Gasteiger partial charge in [-0.1, -0.05) is 11.2 Å². The largest absolute Gasteiger partial charge is 0.496 e. The van der Waals surface area contributed by atoms with E-state index in [9.17, 15) is 8.42 Å². The molecule has 0 saturated carbocycles. The third kappa shape index (κ3) is 3.87. The van der Waals surface area contributed by atoms with Crippen LogP contribution in [0.25, 0.3) is 11.0 Å². The van der Waals surface area contributed by atoms with Crippen LogP contribution in [0.3, 0.4) is 0 Å². The van der Waals surface area contributed by atoms with Gasteiger partial charge in [0.2, 0.25) is 0 Å². The smallest absolute Gasteiger partial charge is 0.270 e. The van der Waals surface area contributed by atoms with Crippen molar-refractivity contribution in [2.75, 3.05) is 26.1 Å². The molecule has 162 valence electrons. The molecule has 2 aromatic carbocycles. The van der Waals surface area contributed by atoms with Crippen molar-refractivity contribution >= 4 is 26.8 Å². The molecule has 11 heteroatoms. The SMILES string of the molecule is COc1cccc(OC)c1S(=O)(=O)Nc1noc2cc(Cc3cocn3)cc(OC)c12. The molecule has 0 unspecified atom stereocenters. The highest BCUT2D eigenvalue weighted by molar-refractivity contribution is 7.93. The topological polar surface area (TPSA) is 126 Å². The lowest BCUT2D eigenvalue weighted by molar-refractivity contribution is 0.373. The van der Waals surface area contributed by atoms with Crippen LogP contribution in [0.2, 0.25) is 0 Å². The highest BCUT2D eigenvalue weighted by Crippen LogP contribution is 2.38. The first-order valence-electron chi connectivity index (χ1n) is 9.04. The van der Waals surface area contributed by atoms with Gasteiger partial charge in [-0.05, 0) is 29.8 Å². The zero-order chi connectivity index (χ0) is 22.0. The number of fused-ring (bicyclic) bond motifs is 1. The van der Waals surface area contributed by atoms with Crippen LogP contribution in [0.4, 0.5) is 5.82 Å². The number of nitrogens with zero attached hydrogens (tertiary/aromatic N) is 2. The van der Waals surface area contributed by atoms with Crippen molar-refractivity contribution in [2.24, 2.45) is 0 Å². The first kappa shape index (κ1) is 20.5. The number of benzene rings is 2. The maximum absolute atomic E-state index is 13.2. The second kappa shape index (κ2) is 8.19. The zero-order valence-corrected chi connectivity index (χ0v) is 17.7. The Hall–Kier alpha value is -3.73. The highest BCUT2D eigenvalue weighted by Gasteiger charge is 2.28. The Kier molecular flexibility index (Phi) is 5.42. The summed E-state index contributed by atoms with van der Waals surface area (Å²) >= 11 is 0. The molecule has 0 bridgehead atoms. The molecule has 2 aromatic heterocycles. The molecular formula is C20H19N3O7S. The predicted molar refractivity (Wildman–Crippen MR) is 110 cm³/mol. The molecule has 0 spiro atoms. The normalized spacial score (nSPS) is 11.5. The summed E-state index contributed by atoms with van der Waals surface area (Å²) in [7, 11) is 0.0861. The number of anilines is 1. The summed E-state index contributed by atoms with van der Waals surface area (Å²) in [6.45, 7) is 0. The Morgan fingerprint density at radius 3 is 2.35 bits per heavy atom. The molecule has 2 heterocycles. The second-order valence-electron chi connectivity index (χ2n) is 6.46. The van der Waals surface area contributed by atoms with E-state index in [-0.39, 0.29) is 22.2 Å². The quantitative estimate of drug-likeness (QED) is 0.435. The lowest BCUT2D eigenvalue weighted by atomic mass is 10.1. The standard InChI is InChI=1S/C20H19N3O7S/c1-26-14-5-4-6-15(27-2)19(14)31(24,25)23-20-18-16(28-3)8-12(9-17(18)30-22-20)7-13-10-29-11-21-13/h4-6,8-11H,7H2,1-3H3,(H,22,23). The average Bonchev–Trinajstić information content (AvgIpc) is 3.42. The Balaban J connectivity index is 1.76. The molecule has 0 aliphatic heterocycles. The lowest BCUT2D eigenvalue weighted by Crippen LogP contribution is -2.15. The zero-order valence-electron chi connectivity index (χ0n) is 16.9. The molecule has 4 rings (SSSR count). The van der Waals surface area contributed by atoms with Crippen molar-refractivity contribution < 1.29 is 31.6 Å². The summed E-state index contributed by atoms with van der Waals surface area (Å²) in [5.74, 6) is 0.623. The molecule has 4 aromatic rings. The molecular weight excluding hydrogens is 426 g/mol. The molecule has 10 nitrogen and oxygen atoms in total. The van der Waals surface area contributed by atoms with E-state index in [4.69, 9.17) is 23.2 Å². The number of hydrogen-bond donors (Lipinski definition) is 1. The average molecular weight is 445 g/mol. The van der Waals surface area contributed by atoms with Crippen molar-refractivity contribution in [3.05, 3.63) is 54.2 Å². The van der Waals surface area contributed by atoms with Crippen LogP contribution in [0.5, 0.6) is 17.2 Å². The van der Waals surface area contributed by atoms with Gasteiger partial charge in [0.05, 0.1) is 27.0 Å². The minimum atomic E-state index is -4.14. The molecule has 0 aliphatic rings. The summed E-state index contributed by atoms with van der Waals surface area (Å²) in [6, 6.07) is 8.17. The van der Waals surface area contributed by atoms with E-state index in [2.05, 4.69) is 14.9 Å². The van der Waals surface area contributed by atoms with Crippen molar-refractivity contribution in [2.45, 2.75) is 11.3 Å². The number of rotatable bonds is 8. The van der Waals surface area contributed by atoms with Gasteiger partial charge in [0.25, 0.3) is 10.0 Å². The molecule has 0 saturated heterocycles. The van der Waals surface area contributed by atoms with Crippen molar-refractivity contribution in [3.63, 3.8) is 0 Å². The third-order valence-electron chi connectivity index (χ3n) is 4.57. The van der Waals surface area contributed by atoms with Crippen LogP contribution in [0.15, 0.2) is 56.8 Å². The van der Waals surface area contributed by atoms with Crippen LogP contribution < -0.4 is 18.9 Å². The monoisotopic (exact) mass is 445 g/mol. The molecule has 0 fully saturated rings. The summed E-state index contributed by atoms with van der Waals surface area (Å²) in [4.78, 5) is 3.94.